The number of hydrogen-bond acceptors (Lipinski definition) is 5. The fourth-order valence-electron chi connectivity index (χ4n) is 3.20. The van der Waals surface area contributed by atoms with Crippen LogP contribution in [0, 0.1) is 5.82 Å². The molecule has 1 N–H and O–H groups in total. The van der Waals surface area contributed by atoms with Crippen LogP contribution >= 0.6 is 22.7 Å². The van der Waals surface area contributed by atoms with Crippen molar-refractivity contribution in [1.82, 2.24) is 15.2 Å². The van der Waals surface area contributed by atoms with Crippen LogP contribution in [0.2, 0.25) is 0 Å². The number of thiazole rings is 1. The van der Waals surface area contributed by atoms with Gasteiger partial charge in [0.2, 0.25) is 0 Å². The monoisotopic (exact) mass is 401 g/mol. The van der Waals surface area contributed by atoms with Gasteiger partial charge in [-0.3, -0.25) is 9.69 Å². The van der Waals surface area contributed by atoms with Gasteiger partial charge in [0.15, 0.2) is 0 Å². The molecule has 27 heavy (non-hydrogen) atoms. The molecule has 0 aliphatic carbocycles. The maximum absolute atomic E-state index is 13.3. The second-order valence-electron chi connectivity index (χ2n) is 6.24. The van der Waals surface area contributed by atoms with Crippen LogP contribution in [0.3, 0.4) is 0 Å². The third kappa shape index (κ3) is 3.04. The summed E-state index contributed by atoms with van der Waals surface area (Å²) in [7, 11) is 0. The Morgan fingerprint density at radius 3 is 2.63 bits per heavy atom. The zero-order chi connectivity index (χ0) is 19.0. The predicted octanol–water partition coefficient (Wildman–Crippen LogP) is 4.37. The number of urea groups is 1. The van der Waals surface area contributed by atoms with Crippen LogP contribution < -0.4 is 5.32 Å². The lowest BCUT2D eigenvalue weighted by Crippen LogP contribution is -2.43. The zero-order valence-corrected chi connectivity index (χ0v) is 16.1. The Hall–Kier alpha value is -2.58. The maximum atomic E-state index is 13.3. The number of imide groups is 1. The van der Waals surface area contributed by atoms with Crippen molar-refractivity contribution in [2.24, 2.45) is 0 Å². The molecule has 1 unspecified atom stereocenters. The molecule has 4 rings (SSSR count). The SMILES string of the molecule is CCC1(c2ccc(F)cc2)NC(=O)N(Cc2csc(-c3ccsc3)n2)C1=O. The van der Waals surface area contributed by atoms with E-state index in [2.05, 4.69) is 10.3 Å². The summed E-state index contributed by atoms with van der Waals surface area (Å²) in [4.78, 5) is 31.4. The van der Waals surface area contributed by atoms with E-state index in [-0.39, 0.29) is 18.3 Å². The summed E-state index contributed by atoms with van der Waals surface area (Å²) >= 11 is 3.07. The lowest BCUT2D eigenvalue weighted by atomic mass is 9.87. The van der Waals surface area contributed by atoms with E-state index in [1.54, 1.807) is 11.3 Å². The predicted molar refractivity (Wildman–Crippen MR) is 103 cm³/mol. The van der Waals surface area contributed by atoms with Gasteiger partial charge in [-0.25, -0.2) is 14.2 Å². The van der Waals surface area contributed by atoms with Crippen molar-refractivity contribution < 1.29 is 14.0 Å². The first-order valence-electron chi connectivity index (χ1n) is 8.40. The Morgan fingerprint density at radius 1 is 1.19 bits per heavy atom. The minimum absolute atomic E-state index is 0.105. The van der Waals surface area contributed by atoms with Gasteiger partial charge in [0.25, 0.3) is 5.91 Å². The van der Waals surface area contributed by atoms with Crippen LogP contribution in [0.1, 0.15) is 24.6 Å². The van der Waals surface area contributed by atoms with Gasteiger partial charge in [0.1, 0.15) is 16.4 Å². The highest BCUT2D eigenvalue weighted by Gasteiger charge is 2.51. The van der Waals surface area contributed by atoms with Gasteiger partial charge in [-0.15, -0.1) is 11.3 Å². The summed E-state index contributed by atoms with van der Waals surface area (Å²) < 4.78 is 13.3. The molecule has 1 atom stereocenters. The topological polar surface area (TPSA) is 62.3 Å². The molecular weight excluding hydrogens is 385 g/mol. The van der Waals surface area contributed by atoms with Crippen molar-refractivity contribution in [2.75, 3.05) is 0 Å². The smallest absolute Gasteiger partial charge is 0.319 e. The average molecular weight is 401 g/mol. The van der Waals surface area contributed by atoms with Crippen molar-refractivity contribution in [3.63, 3.8) is 0 Å². The van der Waals surface area contributed by atoms with Gasteiger partial charge in [0.05, 0.1) is 12.2 Å². The second kappa shape index (κ2) is 6.86. The standard InChI is InChI=1S/C19H16FN3O2S2/c1-2-19(13-3-5-14(20)6-4-13)17(24)23(18(25)22-19)9-15-11-27-16(21-15)12-7-8-26-10-12/h3-8,10-11H,2,9H2,1H3,(H,22,25). The molecule has 5 nitrogen and oxygen atoms in total. The number of nitrogens with one attached hydrogen (secondary N) is 1. The van der Waals surface area contributed by atoms with Crippen molar-refractivity contribution in [1.29, 1.82) is 0 Å². The molecule has 0 spiro atoms. The molecule has 3 heterocycles. The number of aromatic nitrogens is 1. The highest BCUT2D eigenvalue weighted by molar-refractivity contribution is 7.14. The number of carbonyl (C=O) groups is 2. The molecule has 2 aromatic heterocycles. The van der Waals surface area contributed by atoms with Gasteiger partial charge in [-0.2, -0.15) is 11.3 Å². The van der Waals surface area contributed by atoms with E-state index in [4.69, 9.17) is 0 Å². The first-order chi connectivity index (χ1) is 13.0. The third-order valence-corrected chi connectivity index (χ3v) is 6.31. The van der Waals surface area contributed by atoms with E-state index in [9.17, 15) is 14.0 Å². The van der Waals surface area contributed by atoms with Crippen molar-refractivity contribution in [3.8, 4) is 10.6 Å². The number of thiophene rings is 1. The molecular formula is C19H16FN3O2S2. The lowest BCUT2D eigenvalue weighted by molar-refractivity contribution is -0.132. The number of halogens is 1. The van der Waals surface area contributed by atoms with Crippen LogP contribution in [-0.2, 0) is 16.9 Å². The molecule has 0 bridgehead atoms. The Morgan fingerprint density at radius 2 is 1.96 bits per heavy atom. The van der Waals surface area contributed by atoms with E-state index >= 15 is 0 Å². The molecule has 1 fully saturated rings. The summed E-state index contributed by atoms with van der Waals surface area (Å²) in [6, 6.07) is 7.19. The third-order valence-electron chi connectivity index (χ3n) is 4.68. The Balaban J connectivity index is 1.60. The maximum Gasteiger partial charge on any atom is 0.325 e. The molecule has 0 radical (unpaired) electrons. The second-order valence-corrected chi connectivity index (χ2v) is 7.88. The highest BCUT2D eigenvalue weighted by Crippen LogP contribution is 2.34. The summed E-state index contributed by atoms with van der Waals surface area (Å²) in [5, 5.41) is 9.50. The van der Waals surface area contributed by atoms with Crippen LogP contribution in [0.5, 0.6) is 0 Å². The van der Waals surface area contributed by atoms with Crippen LogP contribution in [0.4, 0.5) is 9.18 Å². The number of benzene rings is 1. The summed E-state index contributed by atoms with van der Waals surface area (Å²) in [6.45, 7) is 1.93. The Kier molecular flexibility index (Phi) is 4.53. The number of amides is 3. The van der Waals surface area contributed by atoms with Crippen LogP contribution in [0.15, 0.2) is 46.5 Å². The molecule has 1 aliphatic rings. The van der Waals surface area contributed by atoms with E-state index in [1.165, 1.54) is 40.5 Å². The number of carbonyl (C=O) groups excluding carboxylic acids is 2. The number of rotatable bonds is 5. The largest absolute Gasteiger partial charge is 0.325 e. The highest BCUT2D eigenvalue weighted by atomic mass is 32.1. The molecule has 3 amide bonds. The van der Waals surface area contributed by atoms with Crippen LogP contribution in [0.25, 0.3) is 10.6 Å². The molecule has 8 heteroatoms. The van der Waals surface area contributed by atoms with Crippen molar-refractivity contribution in [2.45, 2.75) is 25.4 Å². The van der Waals surface area contributed by atoms with Gasteiger partial charge < -0.3 is 5.32 Å². The van der Waals surface area contributed by atoms with E-state index < -0.39 is 11.6 Å². The summed E-state index contributed by atoms with van der Waals surface area (Å²) in [5.41, 5.74) is 1.10. The normalized spacial score (nSPS) is 19.6. The molecule has 3 aromatic rings. The molecule has 1 aliphatic heterocycles. The molecule has 138 valence electrons. The first kappa shape index (κ1) is 17.8. The molecule has 1 saturated heterocycles. The summed E-state index contributed by atoms with van der Waals surface area (Å²) in [6.07, 6.45) is 0.372. The average Bonchev–Trinajstić information content (AvgIpc) is 3.39. The van der Waals surface area contributed by atoms with Gasteiger partial charge in [-0.05, 0) is 35.6 Å². The molecule has 0 saturated carbocycles. The minimum Gasteiger partial charge on any atom is -0.319 e. The van der Waals surface area contributed by atoms with Crippen LogP contribution in [-0.4, -0.2) is 21.8 Å². The Labute approximate surface area is 163 Å². The van der Waals surface area contributed by atoms with E-state index in [0.29, 0.717) is 17.7 Å². The fraction of sp³-hybridized carbons (Fsp3) is 0.211. The van der Waals surface area contributed by atoms with Gasteiger partial charge in [-0.1, -0.05) is 19.1 Å². The van der Waals surface area contributed by atoms with Gasteiger partial charge >= 0.3 is 6.03 Å². The summed E-state index contributed by atoms with van der Waals surface area (Å²) in [5.74, 6) is -0.728. The van der Waals surface area contributed by atoms with E-state index in [1.807, 2.05) is 29.1 Å². The first-order valence-corrected chi connectivity index (χ1v) is 10.2. The van der Waals surface area contributed by atoms with Crippen molar-refractivity contribution >= 4 is 34.6 Å². The van der Waals surface area contributed by atoms with Crippen molar-refractivity contribution in [3.05, 3.63) is 63.5 Å². The van der Waals surface area contributed by atoms with Gasteiger partial charge in [0, 0.05) is 16.3 Å². The Bertz CT molecular complexity index is 985. The minimum atomic E-state index is -1.17. The van der Waals surface area contributed by atoms with E-state index in [0.717, 1.165) is 10.6 Å². The lowest BCUT2D eigenvalue weighted by Gasteiger charge is -2.25. The zero-order valence-electron chi connectivity index (χ0n) is 14.4. The molecule has 1 aromatic carbocycles. The fourth-order valence-corrected chi connectivity index (χ4v) is 4.73. The number of hydrogen-bond donors (Lipinski definition) is 1. The number of nitrogens with zero attached hydrogens (tertiary/aromatic N) is 2. The quantitative estimate of drug-likeness (QED) is 0.646.